The molecular formula is C28H33NO6. The van der Waals surface area contributed by atoms with Crippen molar-refractivity contribution in [2.24, 2.45) is 11.3 Å². The number of hydrogen-bond acceptors (Lipinski definition) is 6. The fourth-order valence-electron chi connectivity index (χ4n) is 8.58. The fraction of sp³-hybridized carbons (Fsp3) is 0.607. The van der Waals surface area contributed by atoms with E-state index in [-0.39, 0.29) is 11.7 Å². The molecule has 186 valence electrons. The second-order valence-electron chi connectivity index (χ2n) is 12.3. The first-order chi connectivity index (χ1) is 16.4. The van der Waals surface area contributed by atoms with E-state index >= 15 is 0 Å². The number of aromatic amines is 1. The third kappa shape index (κ3) is 2.22. The van der Waals surface area contributed by atoms with Crippen LogP contribution < -0.4 is 4.74 Å². The minimum Gasteiger partial charge on any atom is -0.497 e. The Morgan fingerprint density at radius 3 is 2.69 bits per heavy atom. The molecule has 0 radical (unpaired) electrons. The summed E-state index contributed by atoms with van der Waals surface area (Å²) in [7, 11) is 1.67. The summed E-state index contributed by atoms with van der Waals surface area (Å²) in [5.41, 5.74) is 0.0814. The highest BCUT2D eigenvalue weighted by molar-refractivity contribution is 5.97. The molecule has 3 N–H and O–H groups in total. The summed E-state index contributed by atoms with van der Waals surface area (Å²) in [4.78, 5) is 16.8. The van der Waals surface area contributed by atoms with Gasteiger partial charge in [-0.05, 0) is 68.9 Å². The van der Waals surface area contributed by atoms with Crippen molar-refractivity contribution in [1.82, 2.24) is 4.98 Å². The maximum Gasteiger partial charge on any atom is 0.195 e. The molecule has 2 aromatic rings. The van der Waals surface area contributed by atoms with Gasteiger partial charge >= 0.3 is 0 Å². The van der Waals surface area contributed by atoms with Gasteiger partial charge in [0.25, 0.3) is 0 Å². The maximum absolute atomic E-state index is 13.1. The number of hydrogen-bond donors (Lipinski definition) is 3. The molecule has 3 aliphatic carbocycles. The van der Waals surface area contributed by atoms with E-state index in [0.717, 1.165) is 28.8 Å². The number of aliphatic hydroxyl groups is 2. The summed E-state index contributed by atoms with van der Waals surface area (Å²) in [6.07, 6.45) is 2.12. The van der Waals surface area contributed by atoms with E-state index in [9.17, 15) is 15.0 Å². The average Bonchev–Trinajstić information content (AvgIpc) is 3.39. The molecule has 7 heteroatoms. The number of rotatable bonds is 1. The van der Waals surface area contributed by atoms with Gasteiger partial charge in [0.15, 0.2) is 17.7 Å². The predicted octanol–water partition coefficient (Wildman–Crippen LogP) is 3.30. The van der Waals surface area contributed by atoms with Crippen LogP contribution in [0.5, 0.6) is 5.75 Å². The standard InChI is InChI=1S/C28H33NO6/c1-24(2)23-19(30)13-20-27(34-23,35-24)9-8-25(3)26(4)14(11-21(31)28(20,25)32)10-17-16-12-15(33-5)6-7-18(16)29-22(17)26/h6-7,12-14,21,23,29,31-32H,8-11H2,1-5H3/t14-,21+,23+,25-,26-,27+,28+/m1/s1. The lowest BCUT2D eigenvalue weighted by atomic mass is 9.41. The van der Waals surface area contributed by atoms with Crippen molar-refractivity contribution in [1.29, 1.82) is 0 Å². The Morgan fingerprint density at radius 1 is 1.17 bits per heavy atom. The smallest absolute Gasteiger partial charge is 0.195 e. The Hall–Kier alpha value is -2.19. The van der Waals surface area contributed by atoms with Gasteiger partial charge in [0, 0.05) is 39.4 Å². The van der Waals surface area contributed by atoms with E-state index < -0.39 is 40.0 Å². The highest BCUT2D eigenvalue weighted by atomic mass is 16.8. The number of ketones is 1. The second-order valence-corrected chi connectivity index (χ2v) is 12.3. The molecule has 0 amide bonds. The van der Waals surface area contributed by atoms with Crippen molar-refractivity contribution < 1.29 is 29.2 Å². The van der Waals surface area contributed by atoms with Gasteiger partial charge in [0.05, 0.1) is 13.2 Å². The van der Waals surface area contributed by atoms with Gasteiger partial charge in [-0.25, -0.2) is 0 Å². The van der Waals surface area contributed by atoms with E-state index in [2.05, 4.69) is 24.9 Å². The SMILES string of the molecule is COc1ccc2[nH]c3c(c2c1)C[C@@H]1C[C@H](O)[C@@]2(O)C4=CC(=O)[C@@H]5O[C@@]4(CC[C@]2(C)[C@@]31C)OC5(C)C. The van der Waals surface area contributed by atoms with E-state index in [1.807, 2.05) is 26.0 Å². The molecule has 0 unspecified atom stereocenters. The molecule has 2 aliphatic heterocycles. The fourth-order valence-corrected chi connectivity index (χ4v) is 8.58. The van der Waals surface area contributed by atoms with Crippen LogP contribution in [0.1, 0.15) is 58.2 Å². The summed E-state index contributed by atoms with van der Waals surface area (Å²) in [6, 6.07) is 6.06. The zero-order valence-corrected chi connectivity index (χ0v) is 20.9. The molecular weight excluding hydrogens is 446 g/mol. The van der Waals surface area contributed by atoms with Crippen molar-refractivity contribution in [2.75, 3.05) is 7.11 Å². The van der Waals surface area contributed by atoms with Crippen LogP contribution in [-0.4, -0.2) is 57.3 Å². The lowest BCUT2D eigenvalue weighted by Crippen LogP contribution is -2.74. The van der Waals surface area contributed by atoms with Crippen LogP contribution >= 0.6 is 0 Å². The summed E-state index contributed by atoms with van der Waals surface area (Å²) >= 11 is 0. The maximum atomic E-state index is 13.1. The Bertz CT molecular complexity index is 1340. The van der Waals surface area contributed by atoms with Crippen molar-refractivity contribution in [3.63, 3.8) is 0 Å². The van der Waals surface area contributed by atoms with Crippen molar-refractivity contribution >= 4 is 16.7 Å². The summed E-state index contributed by atoms with van der Waals surface area (Å²) < 4.78 is 18.2. The topological polar surface area (TPSA) is 101 Å². The van der Waals surface area contributed by atoms with Crippen LogP contribution in [0.4, 0.5) is 0 Å². The molecule has 1 aromatic carbocycles. The minimum absolute atomic E-state index is 0.142. The second kappa shape index (κ2) is 6.20. The zero-order valence-electron chi connectivity index (χ0n) is 20.9. The molecule has 3 fully saturated rings. The Kier molecular flexibility index (Phi) is 3.90. The summed E-state index contributed by atoms with van der Waals surface area (Å²) in [5, 5.41) is 25.4. The molecule has 1 spiro atoms. The third-order valence-electron chi connectivity index (χ3n) is 10.6. The van der Waals surface area contributed by atoms with Crippen molar-refractivity contribution in [2.45, 2.75) is 88.0 Å². The van der Waals surface area contributed by atoms with E-state index in [1.54, 1.807) is 7.11 Å². The zero-order chi connectivity index (χ0) is 24.8. The van der Waals surface area contributed by atoms with Crippen molar-refractivity contribution in [3.05, 3.63) is 41.1 Å². The monoisotopic (exact) mass is 479 g/mol. The number of benzene rings is 1. The number of methoxy groups -OCH3 is 1. The summed E-state index contributed by atoms with van der Waals surface area (Å²) in [5.74, 6) is -0.445. The first kappa shape index (κ1) is 22.0. The Balaban J connectivity index is 1.44. The molecule has 2 saturated carbocycles. The predicted molar refractivity (Wildman–Crippen MR) is 128 cm³/mol. The van der Waals surface area contributed by atoms with Crippen molar-refractivity contribution in [3.8, 4) is 5.75 Å². The molecule has 7 atom stereocenters. The van der Waals surface area contributed by atoms with E-state index in [4.69, 9.17) is 14.2 Å². The van der Waals surface area contributed by atoms with Crippen LogP contribution in [0.3, 0.4) is 0 Å². The minimum atomic E-state index is -1.67. The Morgan fingerprint density at radius 2 is 1.94 bits per heavy atom. The Labute approximate surface area is 204 Å². The third-order valence-corrected chi connectivity index (χ3v) is 10.6. The number of nitrogens with one attached hydrogen (secondary N) is 1. The largest absolute Gasteiger partial charge is 0.497 e. The first-order valence-electron chi connectivity index (χ1n) is 12.7. The molecule has 5 aliphatic rings. The lowest BCUT2D eigenvalue weighted by Gasteiger charge is -2.66. The number of H-pyrrole nitrogens is 1. The molecule has 35 heavy (non-hydrogen) atoms. The number of ether oxygens (including phenoxy) is 3. The lowest BCUT2D eigenvalue weighted by molar-refractivity contribution is -0.274. The number of aliphatic hydroxyl groups excluding tert-OH is 1. The van der Waals surface area contributed by atoms with Crippen LogP contribution in [0.15, 0.2) is 29.8 Å². The van der Waals surface area contributed by atoms with Gasteiger partial charge < -0.3 is 29.4 Å². The average molecular weight is 480 g/mol. The van der Waals surface area contributed by atoms with Crippen LogP contribution in [0.25, 0.3) is 10.9 Å². The van der Waals surface area contributed by atoms with Gasteiger partial charge in [-0.15, -0.1) is 0 Å². The molecule has 1 saturated heterocycles. The van der Waals surface area contributed by atoms with Gasteiger partial charge in [-0.1, -0.05) is 13.8 Å². The summed E-state index contributed by atoms with van der Waals surface area (Å²) in [6.45, 7) is 8.01. The highest BCUT2D eigenvalue weighted by Crippen LogP contribution is 2.71. The normalized spacial score (nSPS) is 44.9. The molecule has 7 nitrogen and oxygen atoms in total. The van der Waals surface area contributed by atoms with Crippen LogP contribution in [0, 0.1) is 11.3 Å². The number of fused-ring (bicyclic) bond motifs is 9. The van der Waals surface area contributed by atoms with Crippen LogP contribution in [0.2, 0.25) is 0 Å². The molecule has 2 bridgehead atoms. The van der Waals surface area contributed by atoms with Gasteiger partial charge in [-0.2, -0.15) is 0 Å². The quantitative estimate of drug-likeness (QED) is 0.580. The van der Waals surface area contributed by atoms with Gasteiger partial charge in [0.1, 0.15) is 17.0 Å². The van der Waals surface area contributed by atoms with E-state index in [0.29, 0.717) is 24.8 Å². The number of aromatic nitrogens is 1. The van der Waals surface area contributed by atoms with Crippen LogP contribution in [-0.2, 0) is 26.1 Å². The van der Waals surface area contributed by atoms with Gasteiger partial charge in [-0.3, -0.25) is 4.79 Å². The first-order valence-corrected chi connectivity index (χ1v) is 12.7. The number of carbonyl (C=O) groups is 1. The van der Waals surface area contributed by atoms with Gasteiger partial charge in [0.2, 0.25) is 0 Å². The molecule has 7 rings (SSSR count). The highest BCUT2D eigenvalue weighted by Gasteiger charge is 2.77. The molecule has 1 aromatic heterocycles. The van der Waals surface area contributed by atoms with E-state index in [1.165, 1.54) is 11.6 Å². The molecule has 3 heterocycles. The number of carbonyl (C=O) groups excluding carboxylic acids is 1.